The van der Waals surface area contributed by atoms with E-state index in [0.717, 1.165) is 6.42 Å². The molecule has 2 atom stereocenters. The summed E-state index contributed by atoms with van der Waals surface area (Å²) in [5.74, 6) is -0.177. The largest absolute Gasteiger partial charge is 0.463 e. The normalized spacial score (nSPS) is 14.4. The first kappa shape index (κ1) is 16.4. The summed E-state index contributed by atoms with van der Waals surface area (Å²) >= 11 is 0. The van der Waals surface area contributed by atoms with E-state index in [1.807, 2.05) is 20.8 Å². The van der Waals surface area contributed by atoms with Crippen LogP contribution in [-0.2, 0) is 19.3 Å². The molecule has 5 nitrogen and oxygen atoms in total. The van der Waals surface area contributed by atoms with E-state index < -0.39 is 0 Å². The molecule has 0 rings (SSSR count). The lowest BCUT2D eigenvalue weighted by Crippen LogP contribution is -2.21. The molecule has 0 amide bonds. The maximum atomic E-state index is 11.5. The fraction of sp³-hybridized carbons (Fsp3) is 0.917. The predicted molar refractivity (Wildman–Crippen MR) is 63.2 cm³/mol. The minimum atomic E-state index is -0.270. The molecular weight excluding hydrogens is 224 g/mol. The van der Waals surface area contributed by atoms with E-state index in [9.17, 15) is 4.79 Å². The number of ether oxygens (including phenoxy) is 1. The third-order valence-electron chi connectivity index (χ3n) is 2.51. The van der Waals surface area contributed by atoms with Crippen LogP contribution in [0.15, 0.2) is 0 Å². The average molecular weight is 248 g/mol. The Hall–Kier alpha value is -0.650. The highest BCUT2D eigenvalue weighted by Crippen LogP contribution is 2.17. The number of rotatable bonds is 10. The van der Waals surface area contributed by atoms with Crippen LogP contribution < -0.4 is 0 Å². The second kappa shape index (κ2) is 10.5. The summed E-state index contributed by atoms with van der Waals surface area (Å²) < 4.78 is 4.86. The summed E-state index contributed by atoms with van der Waals surface area (Å²) in [6.45, 7) is 6.66. The van der Waals surface area contributed by atoms with Crippen molar-refractivity contribution in [1.29, 1.82) is 0 Å². The summed E-state index contributed by atoms with van der Waals surface area (Å²) in [5.41, 5.74) is 0. The standard InChI is InChI=1S/C12H24O5/c1-4-11(9-17-16-5-2)8-10(3)12(14)15-7-6-13/h10-11,13H,4-9H2,1-3H3. The van der Waals surface area contributed by atoms with Gasteiger partial charge in [0.25, 0.3) is 0 Å². The number of carbonyl (C=O) groups is 1. The molecule has 5 heteroatoms. The molecule has 0 radical (unpaired) electrons. The van der Waals surface area contributed by atoms with Gasteiger partial charge in [0.05, 0.1) is 25.7 Å². The molecule has 0 spiro atoms. The lowest BCUT2D eigenvalue weighted by molar-refractivity contribution is -0.298. The van der Waals surface area contributed by atoms with Gasteiger partial charge in [0, 0.05) is 0 Å². The van der Waals surface area contributed by atoms with Crippen LogP contribution in [0.2, 0.25) is 0 Å². The van der Waals surface area contributed by atoms with Crippen molar-refractivity contribution in [3.8, 4) is 0 Å². The molecule has 0 aromatic carbocycles. The van der Waals surface area contributed by atoms with E-state index >= 15 is 0 Å². The monoisotopic (exact) mass is 248 g/mol. The zero-order chi connectivity index (χ0) is 13.1. The van der Waals surface area contributed by atoms with E-state index in [1.54, 1.807) is 0 Å². The Morgan fingerprint density at radius 3 is 2.53 bits per heavy atom. The Balaban J connectivity index is 3.87. The molecule has 17 heavy (non-hydrogen) atoms. The van der Waals surface area contributed by atoms with Gasteiger partial charge in [0.15, 0.2) is 0 Å². The van der Waals surface area contributed by atoms with Gasteiger partial charge in [0.1, 0.15) is 6.61 Å². The zero-order valence-corrected chi connectivity index (χ0v) is 11.0. The van der Waals surface area contributed by atoms with Gasteiger partial charge in [-0.2, -0.15) is 0 Å². The highest BCUT2D eigenvalue weighted by atomic mass is 17.2. The van der Waals surface area contributed by atoms with E-state index in [2.05, 4.69) is 0 Å². The minimum Gasteiger partial charge on any atom is -0.463 e. The summed E-state index contributed by atoms with van der Waals surface area (Å²) in [6, 6.07) is 0. The zero-order valence-electron chi connectivity index (χ0n) is 11.0. The second-order valence-corrected chi connectivity index (χ2v) is 3.99. The maximum absolute atomic E-state index is 11.5. The maximum Gasteiger partial charge on any atom is 0.308 e. The lowest BCUT2D eigenvalue weighted by Gasteiger charge is -2.18. The molecule has 0 heterocycles. The van der Waals surface area contributed by atoms with Crippen LogP contribution in [0.5, 0.6) is 0 Å². The molecule has 0 aromatic heterocycles. The third kappa shape index (κ3) is 8.12. The summed E-state index contributed by atoms with van der Waals surface area (Å²) in [4.78, 5) is 21.3. The quantitative estimate of drug-likeness (QED) is 0.275. The SMILES string of the molecule is CCOOCC(CC)CC(C)C(=O)OCCO. The molecule has 0 aliphatic carbocycles. The van der Waals surface area contributed by atoms with Crippen LogP contribution >= 0.6 is 0 Å². The molecule has 0 saturated heterocycles. The molecule has 0 bridgehead atoms. The van der Waals surface area contributed by atoms with Crippen molar-refractivity contribution in [2.24, 2.45) is 11.8 Å². The van der Waals surface area contributed by atoms with Crippen LogP contribution in [0.25, 0.3) is 0 Å². The van der Waals surface area contributed by atoms with Gasteiger partial charge in [-0.1, -0.05) is 20.3 Å². The van der Waals surface area contributed by atoms with Gasteiger partial charge in [-0.25, -0.2) is 9.78 Å². The van der Waals surface area contributed by atoms with Crippen molar-refractivity contribution in [3.63, 3.8) is 0 Å². The molecule has 0 saturated carbocycles. The van der Waals surface area contributed by atoms with Crippen LogP contribution in [0, 0.1) is 11.8 Å². The van der Waals surface area contributed by atoms with Gasteiger partial charge < -0.3 is 9.84 Å². The molecular formula is C12H24O5. The van der Waals surface area contributed by atoms with Crippen LogP contribution in [-0.4, -0.2) is 37.5 Å². The number of carbonyl (C=O) groups excluding carboxylic acids is 1. The van der Waals surface area contributed by atoms with Gasteiger partial charge in [-0.3, -0.25) is 4.79 Å². The highest BCUT2D eigenvalue weighted by Gasteiger charge is 2.19. The first-order chi connectivity index (χ1) is 8.15. The first-order valence-corrected chi connectivity index (χ1v) is 6.17. The van der Waals surface area contributed by atoms with Crippen molar-refractivity contribution in [2.75, 3.05) is 26.4 Å². The van der Waals surface area contributed by atoms with E-state index in [0.29, 0.717) is 19.6 Å². The Kier molecular flexibility index (Phi) is 10.1. The first-order valence-electron chi connectivity index (χ1n) is 6.17. The molecule has 0 aliphatic heterocycles. The van der Waals surface area contributed by atoms with Crippen LogP contribution in [0.3, 0.4) is 0 Å². The average Bonchev–Trinajstić information content (AvgIpc) is 2.34. The third-order valence-corrected chi connectivity index (χ3v) is 2.51. The fourth-order valence-electron chi connectivity index (χ4n) is 1.46. The Labute approximate surface area is 103 Å². The van der Waals surface area contributed by atoms with Gasteiger partial charge >= 0.3 is 5.97 Å². The van der Waals surface area contributed by atoms with E-state index in [1.165, 1.54) is 0 Å². The molecule has 0 aromatic rings. The number of hydrogen-bond donors (Lipinski definition) is 1. The Bertz CT molecular complexity index is 195. The number of aliphatic hydroxyl groups excluding tert-OH is 1. The Morgan fingerprint density at radius 2 is 2.00 bits per heavy atom. The minimum absolute atomic E-state index is 0.0649. The van der Waals surface area contributed by atoms with Crippen molar-refractivity contribution in [1.82, 2.24) is 0 Å². The second-order valence-electron chi connectivity index (χ2n) is 3.99. The molecule has 0 fully saturated rings. The summed E-state index contributed by atoms with van der Waals surface area (Å²) in [5, 5.41) is 8.55. The van der Waals surface area contributed by atoms with Crippen molar-refractivity contribution in [3.05, 3.63) is 0 Å². The van der Waals surface area contributed by atoms with E-state index in [4.69, 9.17) is 19.6 Å². The smallest absolute Gasteiger partial charge is 0.308 e. The molecule has 1 N–H and O–H groups in total. The number of aliphatic hydroxyl groups is 1. The molecule has 2 unspecified atom stereocenters. The fourth-order valence-corrected chi connectivity index (χ4v) is 1.46. The van der Waals surface area contributed by atoms with E-state index in [-0.39, 0.29) is 31.0 Å². The molecule has 0 aliphatic rings. The van der Waals surface area contributed by atoms with Gasteiger partial charge in [0.2, 0.25) is 0 Å². The number of esters is 1. The van der Waals surface area contributed by atoms with Gasteiger partial charge in [-0.15, -0.1) is 0 Å². The molecule has 102 valence electrons. The predicted octanol–water partition coefficient (Wildman–Crippen LogP) is 1.54. The summed E-state index contributed by atoms with van der Waals surface area (Å²) in [6.07, 6.45) is 1.62. The topological polar surface area (TPSA) is 65.0 Å². The van der Waals surface area contributed by atoms with Crippen molar-refractivity contribution in [2.45, 2.75) is 33.6 Å². The summed E-state index contributed by atoms with van der Waals surface area (Å²) in [7, 11) is 0. The van der Waals surface area contributed by atoms with Crippen molar-refractivity contribution >= 4 is 5.97 Å². The van der Waals surface area contributed by atoms with Gasteiger partial charge in [-0.05, 0) is 19.3 Å². The Morgan fingerprint density at radius 1 is 1.29 bits per heavy atom. The van der Waals surface area contributed by atoms with Crippen LogP contribution in [0.4, 0.5) is 0 Å². The van der Waals surface area contributed by atoms with Crippen molar-refractivity contribution < 1.29 is 24.4 Å². The lowest BCUT2D eigenvalue weighted by atomic mass is 9.94. The van der Waals surface area contributed by atoms with Crippen LogP contribution in [0.1, 0.15) is 33.6 Å². The highest BCUT2D eigenvalue weighted by molar-refractivity contribution is 5.71. The number of hydrogen-bond acceptors (Lipinski definition) is 5.